The lowest BCUT2D eigenvalue weighted by atomic mass is 9.95. The lowest BCUT2D eigenvalue weighted by Crippen LogP contribution is -2.43. The van der Waals surface area contributed by atoms with Crippen LogP contribution in [0.3, 0.4) is 0 Å². The molecule has 4 aromatic rings. The summed E-state index contributed by atoms with van der Waals surface area (Å²) in [4.78, 5) is 17.8. The summed E-state index contributed by atoms with van der Waals surface area (Å²) in [6.07, 6.45) is 3.49. The zero-order chi connectivity index (χ0) is 29.0. The molecule has 0 unspecified atom stereocenters. The molecule has 7 rings (SSSR count). The summed E-state index contributed by atoms with van der Waals surface area (Å²) < 4.78 is 57.5. The molecule has 3 aromatic heterocycles. The number of rotatable bonds is 5. The molecule has 0 bridgehead atoms. The largest absolute Gasteiger partial charge is 0.461 e. The average Bonchev–Trinajstić information content (AvgIpc) is 3.53. The number of nitrogens with two attached hydrogens (primary N) is 1. The summed E-state index contributed by atoms with van der Waals surface area (Å²) in [5, 5.41) is 10.5. The van der Waals surface area contributed by atoms with E-state index in [1.165, 1.54) is 18.3 Å². The number of hydrogen-bond acceptors (Lipinski definition) is 10. The van der Waals surface area contributed by atoms with Gasteiger partial charge < -0.3 is 20.1 Å². The van der Waals surface area contributed by atoms with Gasteiger partial charge in [0.25, 0.3) is 0 Å². The Kier molecular flexibility index (Phi) is 6.79. The Balaban J connectivity index is 1.36. The van der Waals surface area contributed by atoms with Gasteiger partial charge in [0.05, 0.1) is 27.8 Å². The standard InChI is InChI=1S/C29H28F3N7O2S/c30-16-11-29(5-1-7-39(29)14-16)15-41-28-36-24-19(27(37-28)38-6-2-9-40-10-8-38)13-35-23(22(24)32)17-3-4-20(31)25-21(17)18(12-33)26(34)42-25/h3-4,13,16H,1-2,5-11,14-15,34H2/t16-,29+/m1/s1. The summed E-state index contributed by atoms with van der Waals surface area (Å²) in [6, 6.07) is 4.62. The summed E-state index contributed by atoms with van der Waals surface area (Å²) in [7, 11) is 0. The number of alkyl halides is 1. The number of aromatic nitrogens is 3. The first-order chi connectivity index (χ1) is 20.4. The van der Waals surface area contributed by atoms with Crippen molar-refractivity contribution in [1.29, 1.82) is 5.26 Å². The Morgan fingerprint density at radius 2 is 2.07 bits per heavy atom. The third kappa shape index (κ3) is 4.40. The number of anilines is 2. The van der Waals surface area contributed by atoms with E-state index in [-0.39, 0.29) is 50.0 Å². The van der Waals surface area contributed by atoms with Gasteiger partial charge >= 0.3 is 6.01 Å². The molecule has 1 aromatic carbocycles. The van der Waals surface area contributed by atoms with Gasteiger partial charge in [0, 0.05) is 49.8 Å². The number of nitrogen functional groups attached to an aromatic ring is 1. The maximum Gasteiger partial charge on any atom is 0.319 e. The maximum atomic E-state index is 16.5. The van der Waals surface area contributed by atoms with Crippen LogP contribution in [0.25, 0.3) is 32.2 Å². The Labute approximate surface area is 243 Å². The smallest absolute Gasteiger partial charge is 0.319 e. The molecule has 13 heteroatoms. The van der Waals surface area contributed by atoms with Crippen LogP contribution in [0.4, 0.5) is 24.0 Å². The van der Waals surface area contributed by atoms with E-state index in [4.69, 9.17) is 20.2 Å². The fraction of sp³-hybridized carbons (Fsp3) is 0.448. The summed E-state index contributed by atoms with van der Waals surface area (Å²) in [6.45, 7) is 3.65. The van der Waals surface area contributed by atoms with Gasteiger partial charge in [-0.3, -0.25) is 9.88 Å². The highest BCUT2D eigenvalue weighted by molar-refractivity contribution is 7.23. The molecule has 0 radical (unpaired) electrons. The molecule has 0 amide bonds. The molecule has 3 saturated heterocycles. The van der Waals surface area contributed by atoms with Crippen LogP contribution in [0.5, 0.6) is 6.01 Å². The second-order valence-electron chi connectivity index (χ2n) is 11.1. The molecule has 2 atom stereocenters. The van der Waals surface area contributed by atoms with Crippen molar-refractivity contribution < 1.29 is 22.6 Å². The van der Waals surface area contributed by atoms with Crippen molar-refractivity contribution in [2.45, 2.75) is 37.4 Å². The van der Waals surface area contributed by atoms with Gasteiger partial charge in [-0.25, -0.2) is 13.2 Å². The first-order valence-corrected chi connectivity index (χ1v) is 14.8. The van der Waals surface area contributed by atoms with Crippen LogP contribution in [-0.2, 0) is 4.74 Å². The van der Waals surface area contributed by atoms with E-state index in [0.29, 0.717) is 50.5 Å². The number of fused-ring (bicyclic) bond motifs is 3. The van der Waals surface area contributed by atoms with Crippen molar-refractivity contribution in [3.05, 3.63) is 35.5 Å². The van der Waals surface area contributed by atoms with Crippen LogP contribution in [-0.4, -0.2) is 77.6 Å². The van der Waals surface area contributed by atoms with Gasteiger partial charge in [-0.2, -0.15) is 15.2 Å². The topological polar surface area (TPSA) is 113 Å². The molecule has 2 N–H and O–H groups in total. The Morgan fingerprint density at radius 3 is 2.93 bits per heavy atom. The molecule has 6 heterocycles. The molecular weight excluding hydrogens is 567 g/mol. The number of ether oxygens (including phenoxy) is 2. The lowest BCUT2D eigenvalue weighted by molar-refractivity contribution is 0.107. The van der Waals surface area contributed by atoms with Crippen LogP contribution >= 0.6 is 11.3 Å². The average molecular weight is 596 g/mol. The number of hydrogen-bond donors (Lipinski definition) is 1. The molecule has 0 saturated carbocycles. The van der Waals surface area contributed by atoms with E-state index < -0.39 is 23.3 Å². The molecule has 9 nitrogen and oxygen atoms in total. The Bertz CT molecular complexity index is 1740. The Hall–Kier alpha value is -3.73. The molecule has 218 valence electrons. The fourth-order valence-electron chi connectivity index (χ4n) is 6.62. The van der Waals surface area contributed by atoms with Crippen LogP contribution in [0, 0.1) is 23.0 Å². The minimum atomic E-state index is -0.915. The first-order valence-electron chi connectivity index (χ1n) is 14.0. The van der Waals surface area contributed by atoms with Crippen LogP contribution in [0.15, 0.2) is 18.3 Å². The lowest BCUT2D eigenvalue weighted by Gasteiger charge is -2.31. The zero-order valence-corrected chi connectivity index (χ0v) is 23.5. The predicted molar refractivity (Wildman–Crippen MR) is 153 cm³/mol. The van der Waals surface area contributed by atoms with Crippen LogP contribution in [0.2, 0.25) is 0 Å². The number of benzene rings is 1. The minimum Gasteiger partial charge on any atom is -0.461 e. The van der Waals surface area contributed by atoms with E-state index in [0.717, 1.165) is 37.1 Å². The normalized spacial score (nSPS) is 22.9. The van der Waals surface area contributed by atoms with Gasteiger partial charge in [0.15, 0.2) is 5.82 Å². The molecule has 3 aliphatic rings. The molecule has 0 aliphatic carbocycles. The third-order valence-electron chi connectivity index (χ3n) is 8.58. The molecule has 3 fully saturated rings. The van der Waals surface area contributed by atoms with Gasteiger partial charge in [-0.15, -0.1) is 11.3 Å². The summed E-state index contributed by atoms with van der Waals surface area (Å²) in [5.41, 5.74) is 5.79. The molecule has 3 aliphatic heterocycles. The number of nitrogens with zero attached hydrogens (tertiary/aromatic N) is 6. The van der Waals surface area contributed by atoms with Crippen molar-refractivity contribution in [1.82, 2.24) is 19.9 Å². The number of halogens is 3. The van der Waals surface area contributed by atoms with E-state index in [1.54, 1.807) is 0 Å². The predicted octanol–water partition coefficient (Wildman–Crippen LogP) is 4.82. The van der Waals surface area contributed by atoms with Crippen molar-refractivity contribution in [3.63, 3.8) is 0 Å². The quantitative estimate of drug-likeness (QED) is 0.347. The molecule has 42 heavy (non-hydrogen) atoms. The van der Waals surface area contributed by atoms with Gasteiger partial charge in [0.1, 0.15) is 46.7 Å². The third-order valence-corrected chi connectivity index (χ3v) is 9.61. The monoisotopic (exact) mass is 595 g/mol. The zero-order valence-electron chi connectivity index (χ0n) is 22.7. The van der Waals surface area contributed by atoms with Crippen molar-refractivity contribution in [3.8, 4) is 23.3 Å². The maximum absolute atomic E-state index is 16.5. The highest BCUT2D eigenvalue weighted by Gasteiger charge is 2.49. The van der Waals surface area contributed by atoms with Crippen molar-refractivity contribution in [2.24, 2.45) is 0 Å². The molecule has 0 spiro atoms. The summed E-state index contributed by atoms with van der Waals surface area (Å²) >= 11 is 0.935. The van der Waals surface area contributed by atoms with Crippen LogP contribution < -0.4 is 15.4 Å². The second kappa shape index (κ2) is 10.5. The highest BCUT2D eigenvalue weighted by Crippen LogP contribution is 2.43. The molecular formula is C29H28F3N7O2S. The Morgan fingerprint density at radius 1 is 1.19 bits per heavy atom. The van der Waals surface area contributed by atoms with Crippen molar-refractivity contribution in [2.75, 3.05) is 56.6 Å². The number of pyridine rings is 1. The second-order valence-corrected chi connectivity index (χ2v) is 12.1. The van der Waals surface area contributed by atoms with Gasteiger partial charge in [0.2, 0.25) is 0 Å². The fourth-order valence-corrected chi connectivity index (χ4v) is 7.57. The summed E-state index contributed by atoms with van der Waals surface area (Å²) in [5.74, 6) is -0.839. The van der Waals surface area contributed by atoms with E-state index >= 15 is 4.39 Å². The van der Waals surface area contributed by atoms with Gasteiger partial charge in [-0.1, -0.05) is 0 Å². The number of nitriles is 1. The van der Waals surface area contributed by atoms with Crippen LogP contribution in [0.1, 0.15) is 31.2 Å². The van der Waals surface area contributed by atoms with E-state index in [9.17, 15) is 14.0 Å². The van der Waals surface area contributed by atoms with E-state index in [2.05, 4.69) is 14.9 Å². The van der Waals surface area contributed by atoms with Crippen molar-refractivity contribution >= 4 is 43.1 Å². The number of thiophene rings is 1. The van der Waals surface area contributed by atoms with Gasteiger partial charge in [-0.05, 0) is 37.9 Å². The van der Waals surface area contributed by atoms with E-state index in [1.807, 2.05) is 11.0 Å². The highest BCUT2D eigenvalue weighted by atomic mass is 32.1. The first kappa shape index (κ1) is 27.1. The SMILES string of the molecule is N#Cc1c(N)sc2c(F)ccc(-c3ncc4c(N5CCCOCC5)nc(OC[C@@]56CCCN5C[C@H](F)C6)nc4c3F)c12. The minimum absolute atomic E-state index is 0.0102.